The van der Waals surface area contributed by atoms with Gasteiger partial charge in [0.2, 0.25) is 0 Å². The van der Waals surface area contributed by atoms with Crippen molar-refractivity contribution in [1.82, 2.24) is 19.3 Å². The van der Waals surface area contributed by atoms with Gasteiger partial charge in [-0.15, -0.1) is 0 Å². The number of aryl methyl sites for hydroxylation is 5. The van der Waals surface area contributed by atoms with Gasteiger partial charge in [-0.3, -0.25) is 14.0 Å². The van der Waals surface area contributed by atoms with Crippen LogP contribution in [0.15, 0.2) is 58.5 Å². The van der Waals surface area contributed by atoms with Gasteiger partial charge in [0.1, 0.15) is 5.52 Å². The normalized spacial score (nSPS) is 11.4. The molecule has 2 heterocycles. The van der Waals surface area contributed by atoms with Crippen LogP contribution < -0.4 is 5.56 Å². The van der Waals surface area contributed by atoms with Crippen molar-refractivity contribution in [3.8, 4) is 0 Å². The first kappa shape index (κ1) is 21.4. The summed E-state index contributed by atoms with van der Waals surface area (Å²) in [7, 11) is 0. The molecule has 0 aliphatic rings. The lowest BCUT2D eigenvalue weighted by atomic mass is 10.1. The van der Waals surface area contributed by atoms with Crippen LogP contribution in [-0.4, -0.2) is 19.3 Å². The summed E-state index contributed by atoms with van der Waals surface area (Å²) < 4.78 is 3.61. The summed E-state index contributed by atoms with van der Waals surface area (Å²) in [4.78, 5) is 18.5. The molecule has 4 aromatic rings. The molecule has 0 bridgehead atoms. The van der Waals surface area contributed by atoms with Crippen molar-refractivity contribution in [3.63, 3.8) is 0 Å². The van der Waals surface area contributed by atoms with E-state index >= 15 is 0 Å². The highest BCUT2D eigenvalue weighted by molar-refractivity contribution is 7.98. The molecule has 0 spiro atoms. The van der Waals surface area contributed by atoms with Gasteiger partial charge in [-0.05, 0) is 50.8 Å². The Morgan fingerprint density at radius 1 is 1.03 bits per heavy atom. The Balaban J connectivity index is 1.75. The van der Waals surface area contributed by atoms with Gasteiger partial charge >= 0.3 is 0 Å². The second-order valence-electron chi connectivity index (χ2n) is 7.90. The fourth-order valence-corrected chi connectivity index (χ4v) is 4.89. The summed E-state index contributed by atoms with van der Waals surface area (Å²) in [5.41, 5.74) is 7.09. The van der Waals surface area contributed by atoms with E-state index in [2.05, 4.69) is 49.3 Å². The minimum absolute atomic E-state index is 0.00755. The monoisotopic (exact) mass is 432 g/mol. The number of aromatic nitrogens is 4. The molecule has 160 valence electrons. The molecule has 2 aromatic carbocycles. The third-order valence-corrected chi connectivity index (χ3v) is 6.63. The zero-order valence-corrected chi connectivity index (χ0v) is 19.4. The summed E-state index contributed by atoms with van der Waals surface area (Å²) in [5, 5.41) is 5.30. The molecule has 31 heavy (non-hydrogen) atoms. The number of benzene rings is 2. The zero-order chi connectivity index (χ0) is 22.0. The Morgan fingerprint density at radius 3 is 2.55 bits per heavy atom. The number of hydrogen-bond acceptors (Lipinski definition) is 4. The standard InChI is InChI=1S/C25H28N4OS/c1-5-29-23-22(19(4)27-29)26-25(31-16-21-15-17(2)11-12-18(21)3)28(24(23)30)14-13-20-9-7-6-8-10-20/h6-12,15H,5,13-14,16H2,1-4H3. The molecule has 0 unspecified atom stereocenters. The van der Waals surface area contributed by atoms with E-state index in [1.165, 1.54) is 22.3 Å². The van der Waals surface area contributed by atoms with Gasteiger partial charge in [0.25, 0.3) is 5.56 Å². The molecule has 6 heteroatoms. The van der Waals surface area contributed by atoms with Crippen LogP contribution in [0.3, 0.4) is 0 Å². The molecule has 0 fully saturated rings. The molecular weight excluding hydrogens is 404 g/mol. The van der Waals surface area contributed by atoms with Gasteiger partial charge in [-0.1, -0.05) is 65.9 Å². The fraction of sp³-hybridized carbons (Fsp3) is 0.320. The lowest BCUT2D eigenvalue weighted by Gasteiger charge is -2.14. The Bertz CT molecular complexity index is 1270. The first-order valence-corrected chi connectivity index (χ1v) is 11.7. The molecular formula is C25H28N4OS. The topological polar surface area (TPSA) is 52.7 Å². The molecule has 0 saturated heterocycles. The van der Waals surface area contributed by atoms with E-state index in [9.17, 15) is 4.79 Å². The number of nitrogens with zero attached hydrogens (tertiary/aromatic N) is 4. The van der Waals surface area contributed by atoms with E-state index in [1.54, 1.807) is 16.4 Å². The highest BCUT2D eigenvalue weighted by atomic mass is 32.2. The molecule has 0 radical (unpaired) electrons. The van der Waals surface area contributed by atoms with Gasteiger partial charge < -0.3 is 0 Å². The van der Waals surface area contributed by atoms with Crippen LogP contribution >= 0.6 is 11.8 Å². The summed E-state index contributed by atoms with van der Waals surface area (Å²) in [6.45, 7) is 9.40. The van der Waals surface area contributed by atoms with Crippen molar-refractivity contribution in [1.29, 1.82) is 0 Å². The van der Waals surface area contributed by atoms with E-state index in [1.807, 2.05) is 36.6 Å². The van der Waals surface area contributed by atoms with E-state index in [0.717, 1.165) is 23.0 Å². The maximum atomic E-state index is 13.5. The Morgan fingerprint density at radius 2 is 1.81 bits per heavy atom. The Labute approximate surface area is 187 Å². The smallest absolute Gasteiger partial charge is 0.280 e. The number of thioether (sulfide) groups is 1. The lowest BCUT2D eigenvalue weighted by Crippen LogP contribution is -2.26. The minimum atomic E-state index is -0.00755. The molecule has 0 aliphatic heterocycles. The number of fused-ring (bicyclic) bond motifs is 1. The first-order chi connectivity index (χ1) is 15.0. The summed E-state index contributed by atoms with van der Waals surface area (Å²) in [6, 6.07) is 16.8. The van der Waals surface area contributed by atoms with Gasteiger partial charge in [0.15, 0.2) is 10.7 Å². The highest BCUT2D eigenvalue weighted by Gasteiger charge is 2.18. The second kappa shape index (κ2) is 9.10. The van der Waals surface area contributed by atoms with Crippen LogP contribution in [0.1, 0.15) is 34.9 Å². The van der Waals surface area contributed by atoms with E-state index in [-0.39, 0.29) is 5.56 Å². The SMILES string of the molecule is CCn1nc(C)c2nc(SCc3cc(C)ccc3C)n(CCc3ccccc3)c(=O)c21. The van der Waals surface area contributed by atoms with E-state index in [0.29, 0.717) is 24.1 Å². The first-order valence-electron chi connectivity index (χ1n) is 10.7. The quantitative estimate of drug-likeness (QED) is 0.302. The Kier molecular flexibility index (Phi) is 6.28. The maximum absolute atomic E-state index is 13.5. The van der Waals surface area contributed by atoms with Crippen molar-refractivity contribution in [2.75, 3.05) is 0 Å². The van der Waals surface area contributed by atoms with Crippen LogP contribution in [0.2, 0.25) is 0 Å². The van der Waals surface area contributed by atoms with Gasteiger partial charge in [0, 0.05) is 18.8 Å². The third kappa shape index (κ3) is 4.44. The average molecular weight is 433 g/mol. The molecule has 0 aliphatic carbocycles. The maximum Gasteiger partial charge on any atom is 0.280 e. The van der Waals surface area contributed by atoms with Crippen LogP contribution in [0, 0.1) is 20.8 Å². The molecule has 5 nitrogen and oxygen atoms in total. The fourth-order valence-electron chi connectivity index (χ4n) is 3.81. The zero-order valence-electron chi connectivity index (χ0n) is 18.6. The molecule has 0 atom stereocenters. The highest BCUT2D eigenvalue weighted by Crippen LogP contribution is 2.25. The average Bonchev–Trinajstić information content (AvgIpc) is 3.10. The van der Waals surface area contributed by atoms with Crippen molar-refractivity contribution in [2.45, 2.75) is 58.1 Å². The molecule has 0 amide bonds. The molecule has 0 N–H and O–H groups in total. The minimum Gasteiger partial charge on any atom is -0.285 e. The van der Waals surface area contributed by atoms with Gasteiger partial charge in [-0.2, -0.15) is 5.10 Å². The molecule has 2 aromatic heterocycles. The van der Waals surface area contributed by atoms with E-state index in [4.69, 9.17) is 4.98 Å². The number of rotatable bonds is 7. The molecule has 4 rings (SSSR count). The van der Waals surface area contributed by atoms with Crippen molar-refractivity contribution in [2.24, 2.45) is 0 Å². The molecule has 0 saturated carbocycles. The van der Waals surface area contributed by atoms with Gasteiger partial charge in [0.05, 0.1) is 5.69 Å². The van der Waals surface area contributed by atoms with Crippen LogP contribution in [0.25, 0.3) is 11.0 Å². The van der Waals surface area contributed by atoms with Crippen LogP contribution in [-0.2, 0) is 25.3 Å². The predicted octanol–water partition coefficient (Wildman–Crippen LogP) is 5.07. The summed E-state index contributed by atoms with van der Waals surface area (Å²) >= 11 is 1.63. The summed E-state index contributed by atoms with van der Waals surface area (Å²) in [5.74, 6) is 0.776. The van der Waals surface area contributed by atoms with Crippen molar-refractivity contribution in [3.05, 3.63) is 86.8 Å². The van der Waals surface area contributed by atoms with Crippen LogP contribution in [0.4, 0.5) is 0 Å². The van der Waals surface area contributed by atoms with Crippen LogP contribution in [0.5, 0.6) is 0 Å². The van der Waals surface area contributed by atoms with Crippen molar-refractivity contribution >= 4 is 22.8 Å². The number of hydrogen-bond donors (Lipinski definition) is 0. The largest absolute Gasteiger partial charge is 0.285 e. The summed E-state index contributed by atoms with van der Waals surface area (Å²) in [6.07, 6.45) is 0.782. The van der Waals surface area contributed by atoms with E-state index < -0.39 is 0 Å². The third-order valence-electron chi connectivity index (χ3n) is 5.61. The second-order valence-corrected chi connectivity index (χ2v) is 8.85. The Hall–Kier alpha value is -2.86. The van der Waals surface area contributed by atoms with Gasteiger partial charge in [-0.25, -0.2) is 4.98 Å². The lowest BCUT2D eigenvalue weighted by molar-refractivity contribution is 0.587. The predicted molar refractivity (Wildman–Crippen MR) is 128 cm³/mol. The van der Waals surface area contributed by atoms with Crippen molar-refractivity contribution < 1.29 is 0 Å².